The zero-order valence-electron chi connectivity index (χ0n) is 8.01. The molecule has 0 aliphatic heterocycles. The standard InChI is InChI=1S/C12H9N3/c1-2-4-9(5-3-1)10-6-7-13-12-11(10)14-8-15-12/h1-8H,(H,13,14,15). The van der Waals surface area contributed by atoms with E-state index in [0.717, 1.165) is 16.7 Å². The lowest BCUT2D eigenvalue weighted by Gasteiger charge is -2.01. The molecule has 0 saturated heterocycles. The van der Waals surface area contributed by atoms with Crippen LogP contribution in [0.15, 0.2) is 48.9 Å². The molecule has 0 aliphatic rings. The maximum atomic E-state index is 4.19. The second-order valence-corrected chi connectivity index (χ2v) is 3.33. The van der Waals surface area contributed by atoms with Crippen molar-refractivity contribution in [3.63, 3.8) is 0 Å². The first-order valence-electron chi connectivity index (χ1n) is 4.78. The van der Waals surface area contributed by atoms with Crippen LogP contribution in [0.3, 0.4) is 0 Å². The summed E-state index contributed by atoms with van der Waals surface area (Å²) in [5.41, 5.74) is 4.06. The van der Waals surface area contributed by atoms with E-state index < -0.39 is 0 Å². The molecule has 0 atom stereocenters. The number of benzene rings is 1. The van der Waals surface area contributed by atoms with Crippen LogP contribution in [0.4, 0.5) is 0 Å². The molecule has 3 nitrogen and oxygen atoms in total. The molecule has 0 unspecified atom stereocenters. The Morgan fingerprint density at radius 3 is 2.67 bits per heavy atom. The van der Waals surface area contributed by atoms with Crippen molar-refractivity contribution in [3.05, 3.63) is 48.9 Å². The van der Waals surface area contributed by atoms with Crippen LogP contribution in [-0.4, -0.2) is 15.0 Å². The summed E-state index contributed by atoms with van der Waals surface area (Å²) in [5.74, 6) is 0. The molecular formula is C12H9N3. The number of hydrogen-bond acceptors (Lipinski definition) is 2. The van der Waals surface area contributed by atoms with Crippen LogP contribution in [-0.2, 0) is 0 Å². The summed E-state index contributed by atoms with van der Waals surface area (Å²) in [6.07, 6.45) is 3.45. The number of nitrogens with one attached hydrogen (secondary N) is 1. The Hall–Kier alpha value is -2.16. The fourth-order valence-corrected chi connectivity index (χ4v) is 1.71. The summed E-state index contributed by atoms with van der Waals surface area (Å²) >= 11 is 0. The first-order valence-corrected chi connectivity index (χ1v) is 4.78. The van der Waals surface area contributed by atoms with E-state index in [2.05, 4.69) is 27.1 Å². The normalized spacial score (nSPS) is 10.7. The number of pyridine rings is 1. The summed E-state index contributed by atoms with van der Waals surface area (Å²) in [4.78, 5) is 11.4. The number of hydrogen-bond donors (Lipinski definition) is 1. The Labute approximate surface area is 86.8 Å². The first kappa shape index (κ1) is 8.17. The van der Waals surface area contributed by atoms with Gasteiger partial charge in [0, 0.05) is 11.8 Å². The second-order valence-electron chi connectivity index (χ2n) is 3.33. The highest BCUT2D eigenvalue weighted by molar-refractivity contribution is 5.89. The van der Waals surface area contributed by atoms with Gasteiger partial charge in [0.25, 0.3) is 0 Å². The number of aromatic amines is 1. The Balaban J connectivity index is 2.31. The molecule has 1 aromatic carbocycles. The molecule has 2 aromatic heterocycles. The van der Waals surface area contributed by atoms with Crippen LogP contribution in [0.2, 0.25) is 0 Å². The van der Waals surface area contributed by atoms with E-state index >= 15 is 0 Å². The highest BCUT2D eigenvalue weighted by Gasteiger charge is 2.04. The lowest BCUT2D eigenvalue weighted by Crippen LogP contribution is -1.82. The van der Waals surface area contributed by atoms with E-state index in [0.29, 0.717) is 0 Å². The fraction of sp³-hybridized carbons (Fsp3) is 0. The topological polar surface area (TPSA) is 41.6 Å². The molecule has 15 heavy (non-hydrogen) atoms. The van der Waals surface area contributed by atoms with Crippen molar-refractivity contribution in [2.75, 3.05) is 0 Å². The maximum Gasteiger partial charge on any atom is 0.178 e. The number of imidazole rings is 1. The van der Waals surface area contributed by atoms with E-state index in [1.165, 1.54) is 5.56 Å². The molecule has 0 fully saturated rings. The predicted octanol–water partition coefficient (Wildman–Crippen LogP) is 2.62. The summed E-state index contributed by atoms with van der Waals surface area (Å²) in [6, 6.07) is 12.2. The molecule has 2 heterocycles. The molecular weight excluding hydrogens is 186 g/mol. The largest absolute Gasteiger partial charge is 0.343 e. The Bertz CT molecular complexity index is 584. The van der Waals surface area contributed by atoms with Crippen LogP contribution >= 0.6 is 0 Å². The third-order valence-electron chi connectivity index (χ3n) is 2.41. The van der Waals surface area contributed by atoms with Crippen molar-refractivity contribution in [1.82, 2.24) is 15.0 Å². The number of fused-ring (bicyclic) bond motifs is 1. The minimum absolute atomic E-state index is 0.761. The zero-order valence-corrected chi connectivity index (χ0v) is 8.01. The highest BCUT2D eigenvalue weighted by atomic mass is 14.9. The highest BCUT2D eigenvalue weighted by Crippen LogP contribution is 2.24. The monoisotopic (exact) mass is 195 g/mol. The van der Waals surface area contributed by atoms with E-state index in [1.807, 2.05) is 24.3 Å². The third kappa shape index (κ3) is 1.29. The molecule has 0 amide bonds. The van der Waals surface area contributed by atoms with Gasteiger partial charge in [0.05, 0.1) is 11.8 Å². The van der Waals surface area contributed by atoms with Crippen molar-refractivity contribution in [3.8, 4) is 11.1 Å². The summed E-state index contributed by atoms with van der Waals surface area (Å²) in [7, 11) is 0. The molecule has 3 aromatic rings. The summed E-state index contributed by atoms with van der Waals surface area (Å²) in [6.45, 7) is 0. The Morgan fingerprint density at radius 1 is 0.933 bits per heavy atom. The number of H-pyrrole nitrogens is 1. The van der Waals surface area contributed by atoms with Gasteiger partial charge >= 0.3 is 0 Å². The van der Waals surface area contributed by atoms with Gasteiger partial charge in [-0.15, -0.1) is 0 Å². The van der Waals surface area contributed by atoms with Crippen LogP contribution in [0, 0.1) is 0 Å². The fourth-order valence-electron chi connectivity index (χ4n) is 1.71. The van der Waals surface area contributed by atoms with Gasteiger partial charge in [-0.1, -0.05) is 30.3 Å². The molecule has 1 N–H and O–H groups in total. The van der Waals surface area contributed by atoms with Crippen molar-refractivity contribution in [2.24, 2.45) is 0 Å². The van der Waals surface area contributed by atoms with Crippen LogP contribution < -0.4 is 0 Å². The van der Waals surface area contributed by atoms with E-state index in [1.54, 1.807) is 12.5 Å². The van der Waals surface area contributed by atoms with E-state index in [-0.39, 0.29) is 0 Å². The predicted molar refractivity (Wildman–Crippen MR) is 59.3 cm³/mol. The molecule has 0 radical (unpaired) electrons. The number of rotatable bonds is 1. The van der Waals surface area contributed by atoms with Crippen molar-refractivity contribution in [1.29, 1.82) is 0 Å². The summed E-state index contributed by atoms with van der Waals surface area (Å²) < 4.78 is 0. The number of aromatic nitrogens is 3. The lowest BCUT2D eigenvalue weighted by atomic mass is 10.1. The number of nitrogens with zero attached hydrogens (tertiary/aromatic N) is 2. The average molecular weight is 195 g/mol. The molecule has 0 bridgehead atoms. The van der Waals surface area contributed by atoms with E-state index in [4.69, 9.17) is 0 Å². The van der Waals surface area contributed by atoms with Crippen LogP contribution in [0.5, 0.6) is 0 Å². The van der Waals surface area contributed by atoms with Gasteiger partial charge < -0.3 is 4.98 Å². The minimum Gasteiger partial charge on any atom is -0.343 e. The molecule has 3 heteroatoms. The van der Waals surface area contributed by atoms with Crippen molar-refractivity contribution in [2.45, 2.75) is 0 Å². The summed E-state index contributed by atoms with van der Waals surface area (Å²) in [5, 5.41) is 0. The van der Waals surface area contributed by atoms with Crippen LogP contribution in [0.25, 0.3) is 22.3 Å². The van der Waals surface area contributed by atoms with Gasteiger partial charge in [-0.3, -0.25) is 0 Å². The van der Waals surface area contributed by atoms with Crippen LogP contribution in [0.1, 0.15) is 0 Å². The Kier molecular flexibility index (Phi) is 1.75. The zero-order chi connectivity index (χ0) is 10.1. The smallest absolute Gasteiger partial charge is 0.178 e. The van der Waals surface area contributed by atoms with Gasteiger partial charge in [0.15, 0.2) is 5.65 Å². The lowest BCUT2D eigenvalue weighted by molar-refractivity contribution is 1.30. The SMILES string of the molecule is c1ccc(-c2ccnc3nc[nH]c23)cc1. The van der Waals surface area contributed by atoms with Gasteiger partial charge in [0.1, 0.15) is 0 Å². The van der Waals surface area contributed by atoms with Crippen molar-refractivity contribution < 1.29 is 0 Å². The second kappa shape index (κ2) is 3.20. The van der Waals surface area contributed by atoms with Gasteiger partial charge in [-0.2, -0.15) is 0 Å². The van der Waals surface area contributed by atoms with Gasteiger partial charge in [0.2, 0.25) is 0 Å². The Morgan fingerprint density at radius 2 is 1.80 bits per heavy atom. The van der Waals surface area contributed by atoms with Gasteiger partial charge in [-0.25, -0.2) is 9.97 Å². The molecule has 3 rings (SSSR count). The van der Waals surface area contributed by atoms with Gasteiger partial charge in [-0.05, 0) is 11.6 Å². The first-order chi connectivity index (χ1) is 7.45. The minimum atomic E-state index is 0.761. The van der Waals surface area contributed by atoms with E-state index in [9.17, 15) is 0 Å². The third-order valence-corrected chi connectivity index (χ3v) is 2.41. The quantitative estimate of drug-likeness (QED) is 0.648. The molecule has 0 saturated carbocycles. The van der Waals surface area contributed by atoms with Crippen molar-refractivity contribution >= 4 is 11.2 Å². The maximum absolute atomic E-state index is 4.19. The molecule has 72 valence electrons. The molecule has 0 aliphatic carbocycles. The average Bonchev–Trinajstić information content (AvgIpc) is 2.78. The molecule has 0 spiro atoms.